The van der Waals surface area contributed by atoms with Crippen LogP contribution in [0.3, 0.4) is 0 Å². The van der Waals surface area contributed by atoms with E-state index < -0.39 is 6.04 Å². The minimum atomic E-state index is -0.456. The van der Waals surface area contributed by atoms with Crippen LogP contribution in [-0.4, -0.2) is 32.3 Å². The Labute approximate surface area is 208 Å². The van der Waals surface area contributed by atoms with Crippen molar-refractivity contribution in [2.24, 2.45) is 7.05 Å². The monoisotopic (exact) mass is 531 g/mol. The number of nitrogens with zero attached hydrogens (tertiary/aromatic N) is 3. The van der Waals surface area contributed by atoms with E-state index in [-0.39, 0.29) is 22.6 Å². The van der Waals surface area contributed by atoms with Crippen molar-refractivity contribution in [3.8, 4) is 0 Å². The third-order valence-electron chi connectivity index (χ3n) is 4.32. The minimum Gasteiger partial charge on any atom is -0.342 e. The zero-order valence-corrected chi connectivity index (χ0v) is 20.7. The van der Waals surface area contributed by atoms with E-state index in [9.17, 15) is 9.59 Å². The fourth-order valence-corrected chi connectivity index (χ4v) is 4.42. The van der Waals surface area contributed by atoms with Crippen molar-refractivity contribution in [2.45, 2.75) is 18.1 Å². The first-order chi connectivity index (χ1) is 15.2. The second-order valence-electron chi connectivity index (χ2n) is 6.68. The number of nitrogens with one attached hydrogen (secondary N) is 2. The van der Waals surface area contributed by atoms with E-state index in [1.54, 1.807) is 48.9 Å². The normalized spacial score (nSPS) is 11.8. The second-order valence-corrected chi connectivity index (χ2v) is 9.31. The molecule has 0 fully saturated rings. The third kappa shape index (κ3) is 6.08. The van der Waals surface area contributed by atoms with E-state index in [0.29, 0.717) is 37.3 Å². The van der Waals surface area contributed by atoms with Crippen LogP contribution in [0.2, 0.25) is 20.1 Å². The molecule has 3 aromatic rings. The number of anilines is 1. The van der Waals surface area contributed by atoms with E-state index in [1.807, 2.05) is 0 Å². The highest BCUT2D eigenvalue weighted by molar-refractivity contribution is 7.99. The van der Waals surface area contributed by atoms with Gasteiger partial charge in [0, 0.05) is 17.1 Å². The molecule has 2 amide bonds. The molecule has 7 nitrogen and oxygen atoms in total. The number of aromatic nitrogens is 3. The Balaban J connectivity index is 1.60. The third-order valence-corrected chi connectivity index (χ3v) is 6.43. The standard InChI is InChI=1S/C20H17Cl4N5O2S/c1-10(25-19(31)13-5-3-11(21)7-14(13)23)18-27-28-20(29(18)2)32-9-17(30)26-16-6-4-12(22)8-15(16)24/h3-8,10H,9H2,1-2H3,(H,25,31)(H,26,30)/t10-/m1/s1. The first kappa shape index (κ1) is 24.7. The number of halogens is 4. The lowest BCUT2D eigenvalue weighted by Gasteiger charge is -2.14. The molecular weight excluding hydrogens is 516 g/mol. The van der Waals surface area contributed by atoms with Gasteiger partial charge >= 0.3 is 0 Å². The van der Waals surface area contributed by atoms with E-state index in [1.165, 1.54) is 17.8 Å². The number of thioether (sulfide) groups is 1. The Morgan fingerprint density at radius 1 is 1.03 bits per heavy atom. The maximum atomic E-state index is 12.5. The first-order valence-electron chi connectivity index (χ1n) is 9.18. The van der Waals surface area contributed by atoms with Crippen molar-refractivity contribution >= 4 is 75.7 Å². The molecule has 0 spiro atoms. The Morgan fingerprint density at radius 3 is 2.34 bits per heavy atom. The van der Waals surface area contributed by atoms with E-state index in [4.69, 9.17) is 46.4 Å². The van der Waals surface area contributed by atoms with E-state index >= 15 is 0 Å². The molecule has 0 bridgehead atoms. The summed E-state index contributed by atoms with van der Waals surface area (Å²) in [5.41, 5.74) is 0.773. The summed E-state index contributed by atoms with van der Waals surface area (Å²) in [6.07, 6.45) is 0. The molecule has 0 unspecified atom stereocenters. The van der Waals surface area contributed by atoms with Gasteiger partial charge < -0.3 is 15.2 Å². The number of carbonyl (C=O) groups excluding carboxylic acids is 2. The predicted octanol–water partition coefficient (Wildman–Crippen LogP) is 5.65. The Kier molecular flexibility index (Phi) is 8.30. The van der Waals surface area contributed by atoms with Crippen LogP contribution in [0.15, 0.2) is 41.6 Å². The summed E-state index contributed by atoms with van der Waals surface area (Å²) in [6, 6.07) is 9.00. The molecule has 1 atom stereocenters. The average Bonchev–Trinajstić information content (AvgIpc) is 3.09. The number of hydrogen-bond donors (Lipinski definition) is 2. The summed E-state index contributed by atoms with van der Waals surface area (Å²) in [5, 5.41) is 15.8. The summed E-state index contributed by atoms with van der Waals surface area (Å²) in [4.78, 5) is 24.8. The van der Waals surface area contributed by atoms with Crippen LogP contribution in [0, 0.1) is 0 Å². The predicted molar refractivity (Wildman–Crippen MR) is 129 cm³/mol. The van der Waals surface area contributed by atoms with Crippen LogP contribution in [0.1, 0.15) is 29.1 Å². The van der Waals surface area contributed by atoms with Crippen molar-refractivity contribution in [2.75, 3.05) is 11.1 Å². The quantitative estimate of drug-likeness (QED) is 0.384. The van der Waals surface area contributed by atoms with Crippen LogP contribution >= 0.6 is 58.2 Å². The molecule has 1 heterocycles. The molecule has 0 aliphatic heterocycles. The lowest BCUT2D eigenvalue weighted by atomic mass is 10.2. The SMILES string of the molecule is C[C@@H](NC(=O)c1ccc(Cl)cc1Cl)c1nnc(SCC(=O)Nc2ccc(Cl)cc2Cl)n1C. The highest BCUT2D eigenvalue weighted by atomic mass is 35.5. The molecule has 12 heteroatoms. The first-order valence-corrected chi connectivity index (χ1v) is 11.7. The number of carbonyl (C=O) groups is 2. The maximum absolute atomic E-state index is 12.5. The summed E-state index contributed by atoms with van der Waals surface area (Å²) in [7, 11) is 1.75. The number of rotatable bonds is 7. The molecule has 2 aromatic carbocycles. The van der Waals surface area contributed by atoms with Gasteiger partial charge in [-0.05, 0) is 43.3 Å². The molecular formula is C20H17Cl4N5O2S. The van der Waals surface area contributed by atoms with Gasteiger partial charge in [-0.25, -0.2) is 0 Å². The van der Waals surface area contributed by atoms with Crippen molar-refractivity contribution in [1.29, 1.82) is 0 Å². The van der Waals surface area contributed by atoms with Gasteiger partial charge in [0.2, 0.25) is 5.91 Å². The van der Waals surface area contributed by atoms with Gasteiger partial charge in [0.15, 0.2) is 11.0 Å². The smallest absolute Gasteiger partial charge is 0.253 e. The fraction of sp³-hybridized carbons (Fsp3) is 0.200. The lowest BCUT2D eigenvalue weighted by molar-refractivity contribution is -0.113. The molecule has 2 N–H and O–H groups in total. The van der Waals surface area contributed by atoms with Crippen LogP contribution < -0.4 is 10.6 Å². The van der Waals surface area contributed by atoms with Crippen LogP contribution in [0.5, 0.6) is 0 Å². The Hall–Kier alpha value is -1.97. The lowest BCUT2D eigenvalue weighted by Crippen LogP contribution is -2.28. The summed E-state index contributed by atoms with van der Waals surface area (Å²) < 4.78 is 1.71. The topological polar surface area (TPSA) is 88.9 Å². The number of amides is 2. The molecule has 32 heavy (non-hydrogen) atoms. The van der Waals surface area contributed by atoms with Crippen LogP contribution in [0.25, 0.3) is 0 Å². The molecule has 3 rings (SSSR count). The van der Waals surface area contributed by atoms with Crippen molar-refractivity contribution in [3.05, 3.63) is 67.9 Å². The Bertz CT molecular complexity index is 1170. The van der Waals surface area contributed by atoms with Gasteiger partial charge in [-0.2, -0.15) is 0 Å². The molecule has 1 aromatic heterocycles. The summed E-state index contributed by atoms with van der Waals surface area (Å²) in [6.45, 7) is 1.77. The van der Waals surface area contributed by atoms with Gasteiger partial charge in [0.05, 0.1) is 33.1 Å². The van der Waals surface area contributed by atoms with E-state index in [0.717, 1.165) is 0 Å². The van der Waals surface area contributed by atoms with Crippen LogP contribution in [0.4, 0.5) is 5.69 Å². The largest absolute Gasteiger partial charge is 0.342 e. The van der Waals surface area contributed by atoms with Gasteiger partial charge in [-0.1, -0.05) is 58.2 Å². The summed E-state index contributed by atoms with van der Waals surface area (Å²) >= 11 is 25.1. The van der Waals surface area contributed by atoms with Crippen LogP contribution in [-0.2, 0) is 11.8 Å². The van der Waals surface area contributed by atoms with E-state index in [2.05, 4.69) is 20.8 Å². The Morgan fingerprint density at radius 2 is 1.69 bits per heavy atom. The number of hydrogen-bond acceptors (Lipinski definition) is 5. The average molecular weight is 533 g/mol. The molecule has 0 aliphatic carbocycles. The molecule has 0 aliphatic rings. The van der Waals surface area contributed by atoms with Gasteiger partial charge in [0.1, 0.15) is 0 Å². The zero-order chi connectivity index (χ0) is 23.4. The van der Waals surface area contributed by atoms with Crippen molar-refractivity contribution in [1.82, 2.24) is 20.1 Å². The fourth-order valence-electron chi connectivity index (χ4n) is 2.75. The van der Waals surface area contributed by atoms with Gasteiger partial charge in [-0.3, -0.25) is 9.59 Å². The second kappa shape index (κ2) is 10.8. The molecule has 0 saturated carbocycles. The van der Waals surface area contributed by atoms with Crippen molar-refractivity contribution in [3.63, 3.8) is 0 Å². The van der Waals surface area contributed by atoms with Gasteiger partial charge in [0.25, 0.3) is 5.91 Å². The minimum absolute atomic E-state index is 0.0893. The molecule has 0 saturated heterocycles. The van der Waals surface area contributed by atoms with Gasteiger partial charge in [-0.15, -0.1) is 10.2 Å². The van der Waals surface area contributed by atoms with Crippen molar-refractivity contribution < 1.29 is 9.59 Å². The summed E-state index contributed by atoms with van der Waals surface area (Å²) in [5.74, 6) is -0.0170. The zero-order valence-electron chi connectivity index (χ0n) is 16.8. The molecule has 0 radical (unpaired) electrons. The number of benzene rings is 2. The highest BCUT2D eigenvalue weighted by Gasteiger charge is 2.20. The maximum Gasteiger partial charge on any atom is 0.253 e. The molecule has 168 valence electrons. The highest BCUT2D eigenvalue weighted by Crippen LogP contribution is 2.26.